The Morgan fingerprint density at radius 3 is 1.88 bits per heavy atom. The molecule has 32 heavy (non-hydrogen) atoms. The summed E-state index contributed by atoms with van der Waals surface area (Å²) in [6.07, 6.45) is 1.76. The molecule has 0 aromatic heterocycles. The lowest BCUT2D eigenvalue weighted by molar-refractivity contribution is 0.621. The fourth-order valence-electron chi connectivity index (χ4n) is 3.37. The third-order valence-electron chi connectivity index (χ3n) is 5.03. The summed E-state index contributed by atoms with van der Waals surface area (Å²) in [5.74, 6) is 10.2. The summed E-state index contributed by atoms with van der Waals surface area (Å²) in [5, 5.41) is 1.64. The maximum atomic E-state index is 14.5. The summed E-state index contributed by atoms with van der Waals surface area (Å²) >= 11 is 0. The molecule has 0 fully saturated rings. The minimum atomic E-state index is -0.495. The Morgan fingerprint density at radius 1 is 0.594 bits per heavy atom. The van der Waals surface area contributed by atoms with Gasteiger partial charge in [-0.05, 0) is 77.4 Å². The summed E-state index contributed by atoms with van der Waals surface area (Å²) in [7, 11) is 0. The normalized spacial score (nSPS) is 10.2. The second-order valence-electron chi connectivity index (χ2n) is 7.47. The summed E-state index contributed by atoms with van der Waals surface area (Å²) in [5.41, 5.74) is 2.60. The number of halogens is 3. The highest BCUT2D eigenvalue weighted by Gasteiger charge is 2.03. The van der Waals surface area contributed by atoms with E-state index in [1.807, 2.05) is 19.1 Å². The first-order valence-electron chi connectivity index (χ1n) is 10.3. The van der Waals surface area contributed by atoms with Crippen molar-refractivity contribution in [3.63, 3.8) is 0 Å². The average molecular weight is 424 g/mol. The molecule has 0 aliphatic carbocycles. The van der Waals surface area contributed by atoms with E-state index in [1.54, 1.807) is 36.4 Å². The highest BCUT2D eigenvalue weighted by Crippen LogP contribution is 2.17. The molecule has 156 valence electrons. The van der Waals surface area contributed by atoms with Gasteiger partial charge in [0.25, 0.3) is 0 Å². The Kier molecular flexibility index (Phi) is 6.29. The predicted molar refractivity (Wildman–Crippen MR) is 123 cm³/mol. The van der Waals surface area contributed by atoms with E-state index in [2.05, 4.69) is 23.7 Å². The first kappa shape index (κ1) is 21.3. The molecule has 0 amide bonds. The number of fused-ring (bicyclic) bond motifs is 1. The van der Waals surface area contributed by atoms with E-state index in [9.17, 15) is 13.2 Å². The fraction of sp³-hybridized carbons (Fsp3) is 0.103. The highest BCUT2D eigenvalue weighted by atomic mass is 19.1. The van der Waals surface area contributed by atoms with Gasteiger partial charge in [0.05, 0.1) is 11.1 Å². The van der Waals surface area contributed by atoms with Crippen molar-refractivity contribution in [2.75, 3.05) is 0 Å². The number of benzene rings is 4. The van der Waals surface area contributed by atoms with E-state index < -0.39 is 5.82 Å². The molecule has 0 radical (unpaired) electrons. The molecule has 4 aromatic rings. The quantitative estimate of drug-likeness (QED) is 0.304. The summed E-state index contributed by atoms with van der Waals surface area (Å²) in [6, 6.07) is 19.4. The molecular weight excluding hydrogens is 405 g/mol. The van der Waals surface area contributed by atoms with Gasteiger partial charge in [-0.15, -0.1) is 0 Å². The number of hydrogen-bond donors (Lipinski definition) is 0. The topological polar surface area (TPSA) is 0 Å². The molecule has 0 saturated carbocycles. The van der Waals surface area contributed by atoms with Crippen molar-refractivity contribution in [2.24, 2.45) is 0 Å². The van der Waals surface area contributed by atoms with Gasteiger partial charge in [0, 0.05) is 11.1 Å². The smallest absolute Gasteiger partial charge is 0.140 e. The fourth-order valence-corrected chi connectivity index (χ4v) is 3.37. The van der Waals surface area contributed by atoms with Gasteiger partial charge in [0.15, 0.2) is 0 Å². The van der Waals surface area contributed by atoms with Crippen LogP contribution in [0.5, 0.6) is 0 Å². The zero-order valence-corrected chi connectivity index (χ0v) is 17.5. The van der Waals surface area contributed by atoms with Crippen LogP contribution < -0.4 is 0 Å². The van der Waals surface area contributed by atoms with Crippen LogP contribution in [-0.2, 0) is 6.42 Å². The van der Waals surface area contributed by atoms with Gasteiger partial charge < -0.3 is 0 Å². The Morgan fingerprint density at radius 2 is 1.19 bits per heavy atom. The second-order valence-corrected chi connectivity index (χ2v) is 7.47. The lowest BCUT2D eigenvalue weighted by Crippen LogP contribution is -1.89. The van der Waals surface area contributed by atoms with Crippen molar-refractivity contribution in [2.45, 2.75) is 19.8 Å². The van der Waals surface area contributed by atoms with Gasteiger partial charge >= 0.3 is 0 Å². The van der Waals surface area contributed by atoms with Crippen molar-refractivity contribution in [3.8, 4) is 23.7 Å². The number of rotatable bonds is 2. The van der Waals surface area contributed by atoms with Crippen molar-refractivity contribution >= 4 is 10.8 Å². The van der Waals surface area contributed by atoms with Crippen molar-refractivity contribution in [3.05, 3.63) is 118 Å². The minimum Gasteiger partial charge on any atom is -0.207 e. The van der Waals surface area contributed by atoms with E-state index in [-0.39, 0.29) is 22.8 Å². The van der Waals surface area contributed by atoms with Crippen molar-refractivity contribution < 1.29 is 13.2 Å². The van der Waals surface area contributed by atoms with Gasteiger partial charge in [-0.25, -0.2) is 13.2 Å². The van der Waals surface area contributed by atoms with Gasteiger partial charge in [0.1, 0.15) is 17.5 Å². The third-order valence-corrected chi connectivity index (χ3v) is 5.03. The maximum absolute atomic E-state index is 14.5. The molecule has 4 aromatic carbocycles. The summed E-state index contributed by atoms with van der Waals surface area (Å²) in [4.78, 5) is 0. The molecule has 0 bridgehead atoms. The monoisotopic (exact) mass is 424 g/mol. The summed E-state index contributed by atoms with van der Waals surface area (Å²) in [6.45, 7) is 2.04. The third kappa shape index (κ3) is 5.02. The second kappa shape index (κ2) is 9.46. The molecule has 0 saturated heterocycles. The van der Waals surface area contributed by atoms with Crippen molar-refractivity contribution in [1.29, 1.82) is 0 Å². The molecular formula is C29H19F3. The van der Waals surface area contributed by atoms with Crippen LogP contribution in [-0.4, -0.2) is 0 Å². The van der Waals surface area contributed by atoms with E-state index in [4.69, 9.17) is 0 Å². The Balaban J connectivity index is 1.54. The van der Waals surface area contributed by atoms with E-state index in [0.29, 0.717) is 11.1 Å². The van der Waals surface area contributed by atoms with Gasteiger partial charge in [-0.1, -0.05) is 55.2 Å². The van der Waals surface area contributed by atoms with E-state index in [0.717, 1.165) is 29.2 Å². The first-order chi connectivity index (χ1) is 15.5. The molecule has 0 nitrogen and oxygen atoms in total. The van der Waals surface area contributed by atoms with Crippen molar-refractivity contribution in [1.82, 2.24) is 0 Å². The zero-order chi connectivity index (χ0) is 22.5. The van der Waals surface area contributed by atoms with Crippen LogP contribution in [0.2, 0.25) is 0 Å². The van der Waals surface area contributed by atoms with E-state index >= 15 is 0 Å². The van der Waals surface area contributed by atoms with Crippen LogP contribution in [0.25, 0.3) is 10.8 Å². The standard InChI is InChI=1S/C29H19F3/c1-2-3-20-4-9-23(28(31)17-20)11-6-22-7-12-24(29(32)18-22)10-5-21-8-13-26-19-27(30)15-14-25(26)16-21/h4,7-9,12-19H,2-3H2,1H3. The van der Waals surface area contributed by atoms with Crippen LogP contribution in [0.15, 0.2) is 72.8 Å². The van der Waals surface area contributed by atoms with Gasteiger partial charge in [-0.3, -0.25) is 0 Å². The molecule has 0 aliphatic rings. The molecule has 0 spiro atoms. The molecule has 3 heteroatoms. The molecule has 0 heterocycles. The largest absolute Gasteiger partial charge is 0.207 e. The predicted octanol–water partition coefficient (Wildman–Crippen LogP) is 7.01. The summed E-state index contributed by atoms with van der Waals surface area (Å²) < 4.78 is 42.0. The maximum Gasteiger partial charge on any atom is 0.140 e. The molecule has 0 N–H and O–H groups in total. The van der Waals surface area contributed by atoms with Crippen LogP contribution in [0.1, 0.15) is 41.2 Å². The lowest BCUT2D eigenvalue weighted by Gasteiger charge is -2.00. The minimum absolute atomic E-state index is 0.241. The SMILES string of the molecule is CCCc1ccc(C#Cc2ccc(C#Cc3ccc4cc(F)ccc4c3)c(F)c2)c(F)c1. The van der Waals surface area contributed by atoms with Crippen LogP contribution >= 0.6 is 0 Å². The molecule has 0 aliphatic heterocycles. The lowest BCUT2D eigenvalue weighted by atomic mass is 10.1. The Hall–Kier alpha value is -3.95. The van der Waals surface area contributed by atoms with Crippen LogP contribution in [0.3, 0.4) is 0 Å². The molecule has 0 atom stereocenters. The average Bonchev–Trinajstić information content (AvgIpc) is 2.78. The first-order valence-corrected chi connectivity index (χ1v) is 10.3. The van der Waals surface area contributed by atoms with E-state index in [1.165, 1.54) is 24.3 Å². The number of hydrogen-bond acceptors (Lipinski definition) is 0. The van der Waals surface area contributed by atoms with Crippen LogP contribution in [0, 0.1) is 41.1 Å². The Bertz CT molecular complexity index is 1430. The van der Waals surface area contributed by atoms with Gasteiger partial charge in [-0.2, -0.15) is 0 Å². The number of aryl methyl sites for hydroxylation is 1. The van der Waals surface area contributed by atoms with Gasteiger partial charge in [0.2, 0.25) is 0 Å². The molecule has 4 rings (SSSR count). The van der Waals surface area contributed by atoms with Crippen LogP contribution in [0.4, 0.5) is 13.2 Å². The highest BCUT2D eigenvalue weighted by molar-refractivity contribution is 5.84. The molecule has 0 unspecified atom stereocenters. The zero-order valence-electron chi connectivity index (χ0n) is 17.5. The Labute approximate surface area is 185 Å².